The summed E-state index contributed by atoms with van der Waals surface area (Å²) in [5, 5.41) is 2.00. The van der Waals surface area contributed by atoms with Gasteiger partial charge in [-0.05, 0) is 36.6 Å². The van der Waals surface area contributed by atoms with Crippen LogP contribution in [0, 0.1) is 0 Å². The predicted molar refractivity (Wildman–Crippen MR) is 87.3 cm³/mol. The maximum atomic E-state index is 12.6. The molecule has 0 N–H and O–H groups in total. The van der Waals surface area contributed by atoms with Gasteiger partial charge in [0.2, 0.25) is 0 Å². The van der Waals surface area contributed by atoms with Crippen molar-refractivity contribution >= 4 is 45.9 Å². The highest BCUT2D eigenvalue weighted by atomic mass is 35.5. The number of rotatable bonds is 4. The van der Waals surface area contributed by atoms with E-state index in [0.717, 1.165) is 17.6 Å². The standard InChI is InChI=1S/C16H14ClNO2S/c1-21-9-3-8-18-15(19)11-5-2-4-10-13(17)7-6-12(14(10)11)16(18)20/h2,4-7H,3,8-9H2,1H3. The van der Waals surface area contributed by atoms with Gasteiger partial charge in [-0.25, -0.2) is 0 Å². The fourth-order valence-electron chi connectivity index (χ4n) is 2.68. The minimum Gasteiger partial charge on any atom is -0.274 e. The molecule has 0 spiro atoms. The van der Waals surface area contributed by atoms with Gasteiger partial charge < -0.3 is 0 Å². The van der Waals surface area contributed by atoms with Crippen LogP contribution in [0.3, 0.4) is 0 Å². The zero-order valence-corrected chi connectivity index (χ0v) is 13.1. The van der Waals surface area contributed by atoms with Crippen LogP contribution in [0.4, 0.5) is 0 Å². The van der Waals surface area contributed by atoms with Gasteiger partial charge in [0.1, 0.15) is 0 Å². The fraction of sp³-hybridized carbons (Fsp3) is 0.250. The van der Waals surface area contributed by atoms with E-state index in [1.54, 1.807) is 36.0 Å². The van der Waals surface area contributed by atoms with Crippen molar-refractivity contribution in [2.45, 2.75) is 6.42 Å². The van der Waals surface area contributed by atoms with Gasteiger partial charge >= 0.3 is 0 Å². The first-order valence-corrected chi connectivity index (χ1v) is 8.48. The van der Waals surface area contributed by atoms with Gasteiger partial charge in [-0.3, -0.25) is 14.5 Å². The number of benzene rings is 2. The number of thioether (sulfide) groups is 1. The topological polar surface area (TPSA) is 37.4 Å². The highest BCUT2D eigenvalue weighted by Crippen LogP contribution is 2.34. The van der Waals surface area contributed by atoms with Crippen LogP contribution in [0.5, 0.6) is 0 Å². The van der Waals surface area contributed by atoms with E-state index in [-0.39, 0.29) is 11.8 Å². The van der Waals surface area contributed by atoms with Gasteiger partial charge in [0.15, 0.2) is 0 Å². The number of nitrogens with zero attached hydrogens (tertiary/aromatic N) is 1. The summed E-state index contributed by atoms with van der Waals surface area (Å²) in [6, 6.07) is 8.84. The Balaban J connectivity index is 2.11. The Morgan fingerprint density at radius 2 is 1.81 bits per heavy atom. The van der Waals surface area contributed by atoms with Crippen molar-refractivity contribution in [3.05, 3.63) is 46.5 Å². The first-order valence-electron chi connectivity index (χ1n) is 6.71. The summed E-state index contributed by atoms with van der Waals surface area (Å²) >= 11 is 7.89. The SMILES string of the molecule is CSCCCN1C(=O)c2cccc3c(Cl)ccc(c23)C1=O. The van der Waals surface area contributed by atoms with Gasteiger partial charge in [-0.1, -0.05) is 23.7 Å². The second kappa shape index (κ2) is 5.70. The molecule has 0 fully saturated rings. The molecular weight excluding hydrogens is 306 g/mol. The molecule has 2 aromatic rings. The molecule has 3 rings (SSSR count). The molecule has 2 amide bonds. The van der Waals surface area contributed by atoms with Crippen LogP contribution in [0.2, 0.25) is 5.02 Å². The molecule has 0 aliphatic carbocycles. The Morgan fingerprint density at radius 3 is 2.52 bits per heavy atom. The van der Waals surface area contributed by atoms with E-state index < -0.39 is 0 Å². The molecule has 0 atom stereocenters. The second-order valence-electron chi connectivity index (χ2n) is 4.93. The first-order chi connectivity index (χ1) is 10.1. The van der Waals surface area contributed by atoms with E-state index >= 15 is 0 Å². The summed E-state index contributed by atoms with van der Waals surface area (Å²) in [6.45, 7) is 0.455. The Bertz CT molecular complexity index is 722. The molecule has 2 aromatic carbocycles. The molecule has 0 unspecified atom stereocenters. The van der Waals surface area contributed by atoms with Gasteiger partial charge in [0.25, 0.3) is 11.8 Å². The van der Waals surface area contributed by atoms with Gasteiger partial charge in [-0.2, -0.15) is 11.8 Å². The molecule has 108 valence electrons. The normalized spacial score (nSPS) is 14.1. The summed E-state index contributed by atoms with van der Waals surface area (Å²) in [4.78, 5) is 26.5. The monoisotopic (exact) mass is 319 g/mol. The van der Waals surface area contributed by atoms with E-state index in [2.05, 4.69) is 0 Å². The predicted octanol–water partition coefficient (Wildman–Crippen LogP) is 3.84. The molecule has 1 aliphatic rings. The van der Waals surface area contributed by atoms with Crippen molar-refractivity contribution in [3.8, 4) is 0 Å². The van der Waals surface area contributed by atoms with Crippen molar-refractivity contribution in [2.24, 2.45) is 0 Å². The average Bonchev–Trinajstić information content (AvgIpc) is 2.49. The maximum Gasteiger partial charge on any atom is 0.261 e. The molecule has 0 saturated heterocycles. The van der Waals surface area contributed by atoms with Crippen LogP contribution in [0.1, 0.15) is 27.1 Å². The summed E-state index contributed by atoms with van der Waals surface area (Å²) in [6.07, 6.45) is 2.81. The van der Waals surface area contributed by atoms with Crippen LogP contribution in [0.25, 0.3) is 10.8 Å². The van der Waals surface area contributed by atoms with Gasteiger partial charge in [0, 0.05) is 33.5 Å². The van der Waals surface area contributed by atoms with Crippen LogP contribution >= 0.6 is 23.4 Å². The number of hydrogen-bond donors (Lipinski definition) is 0. The quantitative estimate of drug-likeness (QED) is 0.634. The number of halogens is 1. The summed E-state index contributed by atoms with van der Waals surface area (Å²) in [7, 11) is 0. The lowest BCUT2D eigenvalue weighted by Gasteiger charge is -2.27. The van der Waals surface area contributed by atoms with Crippen molar-refractivity contribution < 1.29 is 9.59 Å². The number of hydrogen-bond acceptors (Lipinski definition) is 3. The molecule has 3 nitrogen and oxygen atoms in total. The van der Waals surface area contributed by atoms with Crippen molar-refractivity contribution in [1.29, 1.82) is 0 Å². The smallest absolute Gasteiger partial charge is 0.261 e. The number of amides is 2. The van der Waals surface area contributed by atoms with Gasteiger partial charge in [-0.15, -0.1) is 0 Å². The molecule has 0 saturated carbocycles. The van der Waals surface area contributed by atoms with Crippen LogP contribution in [0.15, 0.2) is 30.3 Å². The molecule has 21 heavy (non-hydrogen) atoms. The van der Waals surface area contributed by atoms with Crippen LogP contribution < -0.4 is 0 Å². The third-order valence-electron chi connectivity index (χ3n) is 3.67. The number of imide groups is 1. The second-order valence-corrected chi connectivity index (χ2v) is 6.32. The Kier molecular flexibility index (Phi) is 3.91. The third-order valence-corrected chi connectivity index (χ3v) is 4.70. The van der Waals surface area contributed by atoms with E-state index in [4.69, 9.17) is 11.6 Å². The van der Waals surface area contributed by atoms with Gasteiger partial charge in [0.05, 0.1) is 0 Å². The zero-order chi connectivity index (χ0) is 15.0. The van der Waals surface area contributed by atoms with E-state index in [1.165, 1.54) is 4.90 Å². The minimum absolute atomic E-state index is 0.221. The summed E-state index contributed by atoms with van der Waals surface area (Å²) in [5.41, 5.74) is 1.13. The lowest BCUT2D eigenvalue weighted by Crippen LogP contribution is -2.41. The highest BCUT2D eigenvalue weighted by Gasteiger charge is 2.32. The van der Waals surface area contributed by atoms with Crippen molar-refractivity contribution in [3.63, 3.8) is 0 Å². The molecule has 5 heteroatoms. The van der Waals surface area contributed by atoms with Crippen molar-refractivity contribution in [2.75, 3.05) is 18.6 Å². The molecule has 0 aromatic heterocycles. The molecule has 1 heterocycles. The van der Waals surface area contributed by atoms with E-state index in [9.17, 15) is 9.59 Å². The highest BCUT2D eigenvalue weighted by molar-refractivity contribution is 7.98. The number of carbonyl (C=O) groups excluding carboxylic acids is 2. The summed E-state index contributed by atoms with van der Waals surface area (Å²) < 4.78 is 0. The molecule has 0 radical (unpaired) electrons. The van der Waals surface area contributed by atoms with E-state index in [0.29, 0.717) is 28.1 Å². The lowest BCUT2D eigenvalue weighted by atomic mass is 9.94. The lowest BCUT2D eigenvalue weighted by molar-refractivity contribution is 0.0611. The molecular formula is C16H14ClNO2S. The Hall–Kier alpha value is -1.52. The fourth-order valence-corrected chi connectivity index (χ4v) is 3.32. The first kappa shape index (κ1) is 14.4. The number of carbonyl (C=O) groups is 2. The van der Waals surface area contributed by atoms with Crippen LogP contribution in [-0.4, -0.2) is 35.3 Å². The Morgan fingerprint density at radius 1 is 1.10 bits per heavy atom. The summed E-state index contributed by atoms with van der Waals surface area (Å²) in [5.74, 6) is 0.484. The largest absolute Gasteiger partial charge is 0.274 e. The van der Waals surface area contributed by atoms with Crippen LogP contribution in [-0.2, 0) is 0 Å². The van der Waals surface area contributed by atoms with E-state index in [1.807, 2.05) is 12.3 Å². The average molecular weight is 320 g/mol. The molecule has 1 aliphatic heterocycles. The third kappa shape index (κ3) is 2.32. The minimum atomic E-state index is -0.221. The Labute approximate surface area is 132 Å². The molecule has 0 bridgehead atoms. The van der Waals surface area contributed by atoms with Crippen molar-refractivity contribution in [1.82, 2.24) is 4.90 Å². The maximum absolute atomic E-state index is 12.6. The zero-order valence-electron chi connectivity index (χ0n) is 11.6.